The number of nitrogens with zero attached hydrogens (tertiary/aromatic N) is 1. The van der Waals surface area contributed by atoms with Gasteiger partial charge in [-0.25, -0.2) is 0 Å². The standard InChI is InChI=1S/C67H43N/c1-3-18-44(19-4-1)47-40-48(45-20-5-2-6-21-45)42-49(41-47)46-34-36-50(37-35-46)68(51-38-39-56-54-24-8-7-22-52(54)53-23-9-10-25-55(53)60(56)43-51)65-33-17-32-64-66(65)59-28-13-16-31-63(59)67(64)61-29-14-11-26-57(61)58-27-12-15-30-62(58)67/h1-43H. The van der Waals surface area contributed by atoms with Gasteiger partial charge >= 0.3 is 0 Å². The molecule has 0 N–H and O–H groups in total. The van der Waals surface area contributed by atoms with Gasteiger partial charge < -0.3 is 4.90 Å². The van der Waals surface area contributed by atoms with E-state index in [0.717, 1.165) is 17.1 Å². The Balaban J connectivity index is 1.01. The molecule has 0 saturated heterocycles. The van der Waals surface area contributed by atoms with Crippen LogP contribution in [-0.4, -0.2) is 0 Å². The van der Waals surface area contributed by atoms with E-state index < -0.39 is 5.41 Å². The second-order valence-corrected chi connectivity index (χ2v) is 18.3. The molecule has 0 atom stereocenters. The number of anilines is 3. The SMILES string of the molecule is c1ccc(-c2cc(-c3ccccc3)cc(-c3ccc(N(c4ccc5c6ccccc6c6ccccc6c5c4)c4cccc5c4-c4ccccc4C54c5ccccc5-c5ccccc54)cc3)c2)cc1. The maximum atomic E-state index is 2.52. The van der Waals surface area contributed by atoms with E-state index in [1.807, 2.05) is 0 Å². The maximum absolute atomic E-state index is 2.52. The van der Waals surface area contributed by atoms with Crippen molar-refractivity contribution in [1.29, 1.82) is 0 Å². The Morgan fingerprint density at radius 1 is 0.235 bits per heavy atom. The average Bonchev–Trinajstić information content (AvgIpc) is 3.90. The lowest BCUT2D eigenvalue weighted by Gasteiger charge is -2.32. The van der Waals surface area contributed by atoms with Crippen LogP contribution in [0.5, 0.6) is 0 Å². The summed E-state index contributed by atoms with van der Waals surface area (Å²) in [6.07, 6.45) is 0. The highest BCUT2D eigenvalue weighted by molar-refractivity contribution is 6.26. The third-order valence-electron chi connectivity index (χ3n) is 14.8. The zero-order chi connectivity index (χ0) is 44.8. The molecule has 0 bridgehead atoms. The molecular formula is C67H43N. The van der Waals surface area contributed by atoms with Crippen molar-refractivity contribution in [1.82, 2.24) is 0 Å². The Morgan fingerprint density at radius 3 is 1.18 bits per heavy atom. The number of fused-ring (bicyclic) bond motifs is 16. The molecule has 0 unspecified atom stereocenters. The minimum Gasteiger partial charge on any atom is -0.310 e. The topological polar surface area (TPSA) is 3.24 Å². The predicted molar refractivity (Wildman–Crippen MR) is 286 cm³/mol. The summed E-state index contributed by atoms with van der Waals surface area (Å²) >= 11 is 0. The average molecular weight is 862 g/mol. The Labute approximate surface area is 396 Å². The van der Waals surface area contributed by atoms with Crippen LogP contribution in [0.15, 0.2) is 261 Å². The van der Waals surface area contributed by atoms with Crippen LogP contribution in [0.25, 0.3) is 88.0 Å². The Hall–Kier alpha value is -8.78. The van der Waals surface area contributed by atoms with Gasteiger partial charge in [0.15, 0.2) is 0 Å². The first kappa shape index (κ1) is 38.5. The van der Waals surface area contributed by atoms with Crippen LogP contribution in [0.2, 0.25) is 0 Å². The molecule has 1 heteroatoms. The molecule has 0 heterocycles. The zero-order valence-corrected chi connectivity index (χ0v) is 37.3. The fourth-order valence-electron chi connectivity index (χ4n) is 12.0. The molecule has 1 spiro atoms. The Kier molecular flexibility index (Phi) is 8.57. The van der Waals surface area contributed by atoms with Crippen molar-refractivity contribution < 1.29 is 0 Å². The van der Waals surface area contributed by atoms with Crippen molar-refractivity contribution in [2.24, 2.45) is 0 Å². The zero-order valence-electron chi connectivity index (χ0n) is 37.3. The largest absolute Gasteiger partial charge is 0.310 e. The fraction of sp³-hybridized carbons (Fsp3) is 0.0149. The molecule has 12 aromatic rings. The smallest absolute Gasteiger partial charge is 0.0726 e. The van der Waals surface area contributed by atoms with E-state index in [4.69, 9.17) is 0 Å². The van der Waals surface area contributed by atoms with E-state index in [1.54, 1.807) is 0 Å². The van der Waals surface area contributed by atoms with Crippen LogP contribution in [0.3, 0.4) is 0 Å². The molecule has 0 aromatic heterocycles. The van der Waals surface area contributed by atoms with E-state index in [9.17, 15) is 0 Å². The first-order chi connectivity index (χ1) is 33.7. The van der Waals surface area contributed by atoms with E-state index in [1.165, 1.54) is 110 Å². The van der Waals surface area contributed by atoms with Gasteiger partial charge in [-0.15, -0.1) is 0 Å². The van der Waals surface area contributed by atoms with Gasteiger partial charge in [-0.2, -0.15) is 0 Å². The van der Waals surface area contributed by atoms with Crippen molar-refractivity contribution in [3.63, 3.8) is 0 Å². The highest BCUT2D eigenvalue weighted by Gasteiger charge is 2.52. The van der Waals surface area contributed by atoms with Crippen LogP contribution in [0, 0.1) is 0 Å². The van der Waals surface area contributed by atoms with Crippen molar-refractivity contribution in [2.75, 3.05) is 4.90 Å². The second-order valence-electron chi connectivity index (χ2n) is 18.3. The summed E-state index contributed by atoms with van der Waals surface area (Å²) in [6, 6.07) is 96.9. The number of benzene rings is 12. The normalized spacial score (nSPS) is 12.8. The number of hydrogen-bond acceptors (Lipinski definition) is 1. The second kappa shape index (κ2) is 15.1. The molecule has 0 aliphatic heterocycles. The van der Waals surface area contributed by atoms with E-state index in [-0.39, 0.29) is 0 Å². The quantitative estimate of drug-likeness (QED) is 0.151. The highest BCUT2D eigenvalue weighted by atomic mass is 15.1. The Morgan fingerprint density at radius 2 is 0.632 bits per heavy atom. The van der Waals surface area contributed by atoms with Crippen LogP contribution < -0.4 is 4.90 Å². The van der Waals surface area contributed by atoms with Crippen LogP contribution in [0.1, 0.15) is 22.3 Å². The summed E-state index contributed by atoms with van der Waals surface area (Å²) in [5.41, 5.74) is 20.6. The lowest BCUT2D eigenvalue weighted by atomic mass is 9.70. The molecule has 2 aliphatic rings. The summed E-state index contributed by atoms with van der Waals surface area (Å²) < 4.78 is 0. The van der Waals surface area contributed by atoms with Crippen molar-refractivity contribution in [3.8, 4) is 55.6 Å². The summed E-state index contributed by atoms with van der Waals surface area (Å²) in [5, 5.41) is 7.58. The van der Waals surface area contributed by atoms with E-state index >= 15 is 0 Å². The molecule has 1 nitrogen and oxygen atoms in total. The predicted octanol–water partition coefficient (Wildman–Crippen LogP) is 18.0. The van der Waals surface area contributed by atoms with Gasteiger partial charge in [0.25, 0.3) is 0 Å². The molecule has 0 radical (unpaired) electrons. The van der Waals surface area contributed by atoms with E-state index in [2.05, 4.69) is 266 Å². The third kappa shape index (κ3) is 5.63. The van der Waals surface area contributed by atoms with Gasteiger partial charge in [-0.1, -0.05) is 212 Å². The van der Waals surface area contributed by atoms with Crippen molar-refractivity contribution >= 4 is 49.4 Å². The fourth-order valence-corrected chi connectivity index (χ4v) is 12.0. The van der Waals surface area contributed by atoms with Gasteiger partial charge in [0, 0.05) is 16.9 Å². The molecule has 0 fully saturated rings. The monoisotopic (exact) mass is 861 g/mol. The molecular weight excluding hydrogens is 819 g/mol. The summed E-state index contributed by atoms with van der Waals surface area (Å²) in [4.78, 5) is 2.52. The molecule has 14 rings (SSSR count). The van der Waals surface area contributed by atoms with Crippen LogP contribution >= 0.6 is 0 Å². The highest BCUT2D eigenvalue weighted by Crippen LogP contribution is 2.64. The first-order valence-corrected chi connectivity index (χ1v) is 23.7. The number of rotatable bonds is 6. The number of hydrogen-bond donors (Lipinski definition) is 0. The minimum atomic E-state index is -0.455. The molecule has 12 aromatic carbocycles. The van der Waals surface area contributed by atoms with Gasteiger partial charge in [0.1, 0.15) is 0 Å². The van der Waals surface area contributed by atoms with Crippen LogP contribution in [0.4, 0.5) is 17.1 Å². The van der Waals surface area contributed by atoms with Crippen molar-refractivity contribution in [3.05, 3.63) is 283 Å². The van der Waals surface area contributed by atoms with Gasteiger partial charge in [-0.3, -0.25) is 0 Å². The lowest BCUT2D eigenvalue weighted by molar-refractivity contribution is 0.794. The lowest BCUT2D eigenvalue weighted by Crippen LogP contribution is -2.26. The van der Waals surface area contributed by atoms with Gasteiger partial charge in [0.05, 0.1) is 11.1 Å². The van der Waals surface area contributed by atoms with Crippen LogP contribution in [-0.2, 0) is 5.41 Å². The van der Waals surface area contributed by atoms with Crippen molar-refractivity contribution in [2.45, 2.75) is 5.41 Å². The molecule has 316 valence electrons. The molecule has 68 heavy (non-hydrogen) atoms. The molecule has 2 aliphatic carbocycles. The summed E-state index contributed by atoms with van der Waals surface area (Å²) in [6.45, 7) is 0. The van der Waals surface area contributed by atoms with Gasteiger partial charge in [-0.05, 0) is 153 Å². The maximum Gasteiger partial charge on any atom is 0.0726 e. The third-order valence-corrected chi connectivity index (χ3v) is 14.8. The summed E-state index contributed by atoms with van der Waals surface area (Å²) in [7, 11) is 0. The minimum absolute atomic E-state index is 0.455. The summed E-state index contributed by atoms with van der Waals surface area (Å²) in [5.74, 6) is 0. The Bertz CT molecular complexity index is 3820. The van der Waals surface area contributed by atoms with E-state index in [0.29, 0.717) is 0 Å². The molecule has 0 amide bonds. The first-order valence-electron chi connectivity index (χ1n) is 23.7. The van der Waals surface area contributed by atoms with Gasteiger partial charge in [0.2, 0.25) is 0 Å². The molecule has 0 saturated carbocycles.